The van der Waals surface area contributed by atoms with Crippen LogP contribution in [-0.2, 0) is 28.6 Å². The number of carbonyl (C=O) groups is 3. The van der Waals surface area contributed by atoms with E-state index < -0.39 is 53.2 Å². The van der Waals surface area contributed by atoms with Crippen molar-refractivity contribution in [3.05, 3.63) is 0 Å². The molecule has 10 nitrogen and oxygen atoms in total. The van der Waals surface area contributed by atoms with Gasteiger partial charge in [-0.2, -0.15) is 0 Å². The second kappa shape index (κ2) is 13.5. The van der Waals surface area contributed by atoms with Crippen molar-refractivity contribution in [3.8, 4) is 0 Å². The zero-order valence-electron chi connectivity index (χ0n) is 25.5. The molecule has 40 heavy (non-hydrogen) atoms. The molecule has 3 aliphatic heterocycles. The van der Waals surface area contributed by atoms with Gasteiger partial charge in [-0.1, -0.05) is 0 Å². The molecule has 0 aromatic rings. The Balaban J connectivity index is 1.75. The Morgan fingerprint density at radius 1 is 0.575 bits per heavy atom. The van der Waals surface area contributed by atoms with Crippen molar-refractivity contribution >= 4 is 17.9 Å². The predicted octanol–water partition coefficient (Wildman–Crippen LogP) is 2.46. The van der Waals surface area contributed by atoms with Gasteiger partial charge in [-0.3, -0.25) is 9.59 Å². The molecule has 0 unspecified atom stereocenters. The van der Waals surface area contributed by atoms with Crippen LogP contribution in [-0.4, -0.2) is 84.7 Å². The highest BCUT2D eigenvalue weighted by molar-refractivity contribution is 5.90. The highest BCUT2D eigenvalue weighted by Gasteiger charge is 2.49. The molecule has 0 amide bonds. The topological polar surface area (TPSA) is 135 Å². The van der Waals surface area contributed by atoms with Gasteiger partial charge in [0.1, 0.15) is 16.8 Å². The maximum absolute atomic E-state index is 13.6. The average Bonchev–Trinajstić information content (AvgIpc) is 2.89. The summed E-state index contributed by atoms with van der Waals surface area (Å²) in [5.74, 6) is -2.11. The third-order valence-electron chi connectivity index (χ3n) is 9.33. The molecule has 3 aliphatic rings. The van der Waals surface area contributed by atoms with Crippen molar-refractivity contribution in [2.24, 2.45) is 17.8 Å². The second-order valence-corrected chi connectivity index (χ2v) is 13.6. The first-order valence-corrected chi connectivity index (χ1v) is 15.2. The third kappa shape index (κ3) is 8.87. The first-order chi connectivity index (χ1) is 18.6. The van der Waals surface area contributed by atoms with E-state index >= 15 is 0 Å². The minimum absolute atomic E-state index is 0.0820. The molecule has 3 rings (SSSR count). The van der Waals surface area contributed by atoms with Crippen LogP contribution in [0.3, 0.4) is 0 Å². The van der Waals surface area contributed by atoms with Crippen molar-refractivity contribution in [1.82, 2.24) is 16.0 Å². The maximum atomic E-state index is 13.6. The van der Waals surface area contributed by atoms with E-state index in [0.717, 1.165) is 77.8 Å². The predicted molar refractivity (Wildman–Crippen MR) is 151 cm³/mol. The van der Waals surface area contributed by atoms with Crippen molar-refractivity contribution in [2.75, 3.05) is 39.3 Å². The van der Waals surface area contributed by atoms with E-state index in [9.17, 15) is 19.5 Å². The Bertz CT molecular complexity index is 825. The van der Waals surface area contributed by atoms with Crippen molar-refractivity contribution in [2.45, 2.75) is 115 Å². The van der Waals surface area contributed by atoms with E-state index in [1.807, 2.05) is 41.5 Å². The summed E-state index contributed by atoms with van der Waals surface area (Å²) in [4.78, 5) is 40.1. The summed E-state index contributed by atoms with van der Waals surface area (Å²) in [6, 6.07) is 0. The molecule has 10 heteroatoms. The van der Waals surface area contributed by atoms with Crippen LogP contribution in [0.4, 0.5) is 0 Å². The van der Waals surface area contributed by atoms with Crippen LogP contribution in [0.15, 0.2) is 0 Å². The second-order valence-electron chi connectivity index (χ2n) is 13.6. The number of hydrogen-bond donors (Lipinski definition) is 4. The molecule has 230 valence electrons. The van der Waals surface area contributed by atoms with Crippen molar-refractivity contribution in [3.63, 3.8) is 0 Å². The SMILES string of the molecule is CC(C)(OC(=O)CC(O)(CC(=O)OC(C)(C)C1CCNCC1)C(=O)OC(C)(C)C1CCNCC1)C1CCNCC1. The van der Waals surface area contributed by atoms with Crippen LogP contribution in [0.5, 0.6) is 0 Å². The zero-order valence-corrected chi connectivity index (χ0v) is 25.5. The molecule has 3 heterocycles. The molecule has 0 aromatic carbocycles. The highest BCUT2D eigenvalue weighted by atomic mass is 16.6. The smallest absolute Gasteiger partial charge is 0.339 e. The van der Waals surface area contributed by atoms with E-state index in [2.05, 4.69) is 16.0 Å². The van der Waals surface area contributed by atoms with Gasteiger partial charge in [-0.15, -0.1) is 0 Å². The quantitative estimate of drug-likeness (QED) is 0.218. The maximum Gasteiger partial charge on any atom is 0.339 e. The van der Waals surface area contributed by atoms with Gasteiger partial charge in [0.15, 0.2) is 5.60 Å². The van der Waals surface area contributed by atoms with Gasteiger partial charge in [0.05, 0.1) is 12.8 Å². The Morgan fingerprint density at radius 2 is 0.850 bits per heavy atom. The van der Waals surface area contributed by atoms with E-state index in [1.165, 1.54) is 0 Å². The van der Waals surface area contributed by atoms with Crippen molar-refractivity contribution in [1.29, 1.82) is 0 Å². The monoisotopic (exact) mass is 567 g/mol. The van der Waals surface area contributed by atoms with Gasteiger partial charge < -0.3 is 35.3 Å². The van der Waals surface area contributed by atoms with Crippen LogP contribution in [0.25, 0.3) is 0 Å². The van der Waals surface area contributed by atoms with E-state index in [0.29, 0.717) is 0 Å². The Morgan fingerprint density at radius 3 is 1.15 bits per heavy atom. The Hall–Kier alpha value is -1.75. The number of ether oxygens (including phenoxy) is 3. The molecule has 4 N–H and O–H groups in total. The summed E-state index contributed by atoms with van der Waals surface area (Å²) < 4.78 is 17.6. The van der Waals surface area contributed by atoms with Gasteiger partial charge in [0.25, 0.3) is 0 Å². The van der Waals surface area contributed by atoms with Crippen LogP contribution in [0.1, 0.15) is 92.9 Å². The summed E-state index contributed by atoms with van der Waals surface area (Å²) in [6.45, 7) is 16.0. The Kier molecular flexibility index (Phi) is 11.0. The summed E-state index contributed by atoms with van der Waals surface area (Å²) in [5, 5.41) is 21.6. The lowest BCUT2D eigenvalue weighted by molar-refractivity contribution is -0.197. The van der Waals surface area contributed by atoms with Gasteiger partial charge >= 0.3 is 17.9 Å². The lowest BCUT2D eigenvalue weighted by Crippen LogP contribution is -2.52. The highest BCUT2D eigenvalue weighted by Crippen LogP contribution is 2.35. The lowest BCUT2D eigenvalue weighted by Gasteiger charge is -2.40. The molecule has 0 atom stereocenters. The van der Waals surface area contributed by atoms with Crippen molar-refractivity contribution < 1.29 is 33.7 Å². The fraction of sp³-hybridized carbons (Fsp3) is 0.900. The molecular formula is C30H53N3O7. The first kappa shape index (κ1) is 32.8. The summed E-state index contributed by atoms with van der Waals surface area (Å²) in [5.41, 5.74) is -4.86. The number of esters is 3. The first-order valence-electron chi connectivity index (χ1n) is 15.2. The Labute approximate surface area is 240 Å². The molecular weight excluding hydrogens is 514 g/mol. The van der Waals surface area contributed by atoms with Crippen LogP contribution >= 0.6 is 0 Å². The van der Waals surface area contributed by atoms with Gasteiger partial charge in [-0.05, 0) is 119 Å². The molecule has 0 aromatic heterocycles. The van der Waals surface area contributed by atoms with Crippen LogP contribution in [0, 0.1) is 17.8 Å². The summed E-state index contributed by atoms with van der Waals surface area (Å²) >= 11 is 0. The van der Waals surface area contributed by atoms with Crippen LogP contribution in [0.2, 0.25) is 0 Å². The number of aliphatic hydroxyl groups is 1. The molecule has 0 spiro atoms. The molecule has 3 saturated heterocycles. The number of rotatable bonds is 11. The molecule has 3 fully saturated rings. The normalized spacial score (nSPS) is 21.1. The summed E-state index contributed by atoms with van der Waals surface area (Å²) in [7, 11) is 0. The average molecular weight is 568 g/mol. The van der Waals surface area contributed by atoms with Gasteiger partial charge in [-0.25, -0.2) is 4.79 Å². The van der Waals surface area contributed by atoms with Gasteiger partial charge in [0, 0.05) is 17.8 Å². The largest absolute Gasteiger partial charge is 0.459 e. The number of nitrogens with one attached hydrogen (secondary N) is 3. The van der Waals surface area contributed by atoms with E-state index in [1.54, 1.807) is 0 Å². The fourth-order valence-electron chi connectivity index (χ4n) is 6.48. The zero-order chi connectivity index (χ0) is 29.6. The molecule has 0 radical (unpaired) electrons. The number of piperidine rings is 3. The minimum Gasteiger partial charge on any atom is -0.459 e. The molecule has 0 saturated carbocycles. The summed E-state index contributed by atoms with van der Waals surface area (Å²) in [6.07, 6.45) is 3.68. The third-order valence-corrected chi connectivity index (χ3v) is 9.33. The molecule has 0 aliphatic carbocycles. The number of hydrogen-bond acceptors (Lipinski definition) is 10. The number of carbonyl (C=O) groups excluding carboxylic acids is 3. The van der Waals surface area contributed by atoms with E-state index in [4.69, 9.17) is 14.2 Å². The standard InChI is InChI=1S/C30H53N3O7/c1-27(2,21-7-13-31-14-8-21)38-24(34)19-30(37,26(36)40-29(5,6)23-11-17-33-18-12-23)20-25(35)39-28(3,4)22-9-15-32-16-10-22/h21-23,31-33,37H,7-20H2,1-6H3. The molecule has 0 bridgehead atoms. The fourth-order valence-corrected chi connectivity index (χ4v) is 6.48. The minimum atomic E-state index is -2.41. The van der Waals surface area contributed by atoms with Gasteiger partial charge in [0.2, 0.25) is 0 Å². The van der Waals surface area contributed by atoms with E-state index in [-0.39, 0.29) is 17.8 Å². The van der Waals surface area contributed by atoms with Crippen LogP contribution < -0.4 is 16.0 Å². The lowest BCUT2D eigenvalue weighted by atomic mass is 9.82.